The summed E-state index contributed by atoms with van der Waals surface area (Å²) in [6.45, 7) is 3.07. The van der Waals surface area contributed by atoms with Crippen molar-refractivity contribution in [2.75, 3.05) is 39.9 Å². The lowest BCUT2D eigenvalue weighted by Gasteiger charge is -2.42. The van der Waals surface area contributed by atoms with Gasteiger partial charge in [-0.3, -0.25) is 29.6 Å². The number of nitrogens with zero attached hydrogens (tertiary/aromatic N) is 5. The highest BCUT2D eigenvalue weighted by Gasteiger charge is 2.57. The van der Waals surface area contributed by atoms with E-state index in [2.05, 4.69) is 10.4 Å². The maximum Gasteiger partial charge on any atom is 0.328 e. The topological polar surface area (TPSA) is 124 Å². The largest absolute Gasteiger partial charge is 0.465 e. The second-order valence-electron chi connectivity index (χ2n) is 8.18. The van der Waals surface area contributed by atoms with Gasteiger partial charge >= 0.3 is 18.0 Å². The molecule has 35 heavy (non-hydrogen) atoms. The number of halogens is 1. The predicted octanol–water partition coefficient (Wildman–Crippen LogP) is -0.251. The van der Waals surface area contributed by atoms with Crippen LogP contribution in [0.1, 0.15) is 19.4 Å². The smallest absolute Gasteiger partial charge is 0.328 e. The molecule has 4 rings (SSSR count). The summed E-state index contributed by atoms with van der Waals surface area (Å²) in [6.07, 6.45) is -1.44. The SMILES string of the molecule is CCOC(=O)CN1C(=O)C2C(NC3N(CC(=O)OCC)N=C(c4ccc(F)cc4)CN23)N(C)C1=O. The van der Waals surface area contributed by atoms with Gasteiger partial charge in [0.1, 0.15) is 31.1 Å². The monoisotopic (exact) mass is 490 g/mol. The fraction of sp³-hybridized carbons (Fsp3) is 0.500. The number of amides is 3. The Morgan fingerprint density at radius 1 is 1.09 bits per heavy atom. The van der Waals surface area contributed by atoms with Crippen molar-refractivity contribution in [1.29, 1.82) is 0 Å². The van der Waals surface area contributed by atoms with Crippen molar-refractivity contribution in [2.24, 2.45) is 5.10 Å². The zero-order valence-corrected chi connectivity index (χ0v) is 19.6. The number of hydrazone groups is 1. The molecule has 3 aliphatic rings. The first-order valence-corrected chi connectivity index (χ1v) is 11.3. The normalized spacial score (nSPS) is 24.2. The highest BCUT2D eigenvalue weighted by molar-refractivity contribution is 6.05. The van der Waals surface area contributed by atoms with Crippen LogP contribution in [0.4, 0.5) is 9.18 Å². The molecule has 3 unspecified atom stereocenters. The van der Waals surface area contributed by atoms with Crippen molar-refractivity contribution in [2.45, 2.75) is 32.3 Å². The van der Waals surface area contributed by atoms with Crippen LogP contribution in [0.3, 0.4) is 0 Å². The number of likely N-dealkylation sites (N-methyl/N-ethyl adjacent to an activating group) is 1. The van der Waals surface area contributed by atoms with Crippen molar-refractivity contribution < 1.29 is 33.0 Å². The summed E-state index contributed by atoms with van der Waals surface area (Å²) in [5.74, 6) is -2.20. The minimum atomic E-state index is -0.868. The van der Waals surface area contributed by atoms with Crippen molar-refractivity contribution in [3.05, 3.63) is 35.6 Å². The lowest BCUT2D eigenvalue weighted by molar-refractivity contribution is -0.151. The number of esters is 2. The van der Waals surface area contributed by atoms with E-state index in [0.29, 0.717) is 11.3 Å². The molecule has 3 heterocycles. The Morgan fingerprint density at radius 3 is 2.34 bits per heavy atom. The van der Waals surface area contributed by atoms with Gasteiger partial charge in [-0.1, -0.05) is 12.1 Å². The number of fused-ring (bicyclic) bond motifs is 3. The third-order valence-corrected chi connectivity index (χ3v) is 5.99. The predicted molar refractivity (Wildman–Crippen MR) is 119 cm³/mol. The summed E-state index contributed by atoms with van der Waals surface area (Å²) < 4.78 is 23.5. The van der Waals surface area contributed by atoms with E-state index in [1.807, 2.05) is 0 Å². The Kier molecular flexibility index (Phi) is 6.98. The molecule has 3 atom stereocenters. The Balaban J connectivity index is 1.67. The molecule has 0 aliphatic carbocycles. The van der Waals surface area contributed by atoms with Crippen LogP contribution >= 0.6 is 0 Å². The molecule has 3 amide bonds. The van der Waals surface area contributed by atoms with Gasteiger partial charge in [-0.2, -0.15) is 5.10 Å². The van der Waals surface area contributed by atoms with Crippen LogP contribution in [0.25, 0.3) is 0 Å². The average Bonchev–Trinajstić information content (AvgIpc) is 3.21. The van der Waals surface area contributed by atoms with Crippen LogP contribution in [0.2, 0.25) is 0 Å². The number of carbonyl (C=O) groups is 4. The molecule has 0 aromatic heterocycles. The third-order valence-electron chi connectivity index (χ3n) is 5.99. The van der Waals surface area contributed by atoms with Gasteiger partial charge in [-0.05, 0) is 31.5 Å². The number of carbonyl (C=O) groups excluding carboxylic acids is 4. The molecule has 0 spiro atoms. The second-order valence-corrected chi connectivity index (χ2v) is 8.18. The second kappa shape index (κ2) is 9.96. The highest BCUT2D eigenvalue weighted by atomic mass is 19.1. The minimum absolute atomic E-state index is 0.118. The van der Waals surface area contributed by atoms with E-state index in [1.165, 1.54) is 29.1 Å². The molecule has 0 radical (unpaired) electrons. The molecule has 188 valence electrons. The first-order chi connectivity index (χ1) is 16.7. The maximum atomic E-state index is 13.5. The number of urea groups is 1. The third kappa shape index (κ3) is 4.68. The van der Waals surface area contributed by atoms with Crippen LogP contribution in [-0.4, -0.2) is 108 Å². The molecule has 2 saturated heterocycles. The number of benzene rings is 1. The molecule has 1 aromatic carbocycles. The zero-order valence-electron chi connectivity index (χ0n) is 19.6. The number of rotatable bonds is 7. The van der Waals surface area contributed by atoms with Crippen LogP contribution in [-0.2, 0) is 23.9 Å². The molecule has 1 N–H and O–H groups in total. The lowest BCUT2D eigenvalue weighted by Crippen LogP contribution is -2.67. The van der Waals surface area contributed by atoms with Crippen molar-refractivity contribution in [3.8, 4) is 0 Å². The van der Waals surface area contributed by atoms with Gasteiger partial charge in [0, 0.05) is 13.6 Å². The molecule has 12 nitrogen and oxygen atoms in total. The van der Waals surface area contributed by atoms with Crippen LogP contribution in [0, 0.1) is 5.82 Å². The highest BCUT2D eigenvalue weighted by Crippen LogP contribution is 2.31. The number of nitrogens with one attached hydrogen (secondary N) is 1. The molecular weight excluding hydrogens is 463 g/mol. The van der Waals surface area contributed by atoms with Crippen LogP contribution in [0.15, 0.2) is 29.4 Å². The van der Waals surface area contributed by atoms with E-state index >= 15 is 0 Å². The lowest BCUT2D eigenvalue weighted by atomic mass is 10.1. The van der Waals surface area contributed by atoms with Gasteiger partial charge in [-0.25, -0.2) is 14.1 Å². The van der Waals surface area contributed by atoms with Crippen molar-refractivity contribution in [3.63, 3.8) is 0 Å². The van der Waals surface area contributed by atoms with Gasteiger partial charge in [0.2, 0.25) is 0 Å². The van der Waals surface area contributed by atoms with E-state index in [0.717, 1.165) is 4.90 Å². The number of hydrogen-bond donors (Lipinski definition) is 1. The first-order valence-electron chi connectivity index (χ1n) is 11.3. The van der Waals surface area contributed by atoms with E-state index in [1.54, 1.807) is 30.9 Å². The zero-order chi connectivity index (χ0) is 25.3. The van der Waals surface area contributed by atoms with Crippen molar-refractivity contribution in [1.82, 2.24) is 25.0 Å². The Hall–Kier alpha value is -3.58. The van der Waals surface area contributed by atoms with Gasteiger partial charge < -0.3 is 14.4 Å². The van der Waals surface area contributed by atoms with E-state index in [4.69, 9.17) is 9.47 Å². The minimum Gasteiger partial charge on any atom is -0.465 e. The number of ether oxygens (including phenoxy) is 2. The fourth-order valence-electron chi connectivity index (χ4n) is 4.43. The summed E-state index contributed by atoms with van der Waals surface area (Å²) in [5, 5.41) is 9.23. The summed E-state index contributed by atoms with van der Waals surface area (Å²) >= 11 is 0. The van der Waals surface area contributed by atoms with Gasteiger partial charge in [0.05, 0.1) is 18.9 Å². The summed E-state index contributed by atoms with van der Waals surface area (Å²) in [5.41, 5.74) is 1.11. The Labute approximate surface area is 201 Å². The molecule has 0 bridgehead atoms. The van der Waals surface area contributed by atoms with Crippen LogP contribution < -0.4 is 5.32 Å². The number of hydrogen-bond acceptors (Lipinski definition) is 10. The van der Waals surface area contributed by atoms with Gasteiger partial charge in [-0.15, -0.1) is 0 Å². The van der Waals surface area contributed by atoms with E-state index < -0.39 is 54.7 Å². The molecule has 1 aromatic rings. The summed E-state index contributed by atoms with van der Waals surface area (Å²) in [4.78, 5) is 54.7. The quantitative estimate of drug-likeness (QED) is 0.515. The number of imide groups is 1. The summed E-state index contributed by atoms with van der Waals surface area (Å²) in [7, 11) is 1.52. The molecule has 3 aliphatic heterocycles. The Bertz CT molecular complexity index is 1050. The fourth-order valence-corrected chi connectivity index (χ4v) is 4.43. The first kappa shape index (κ1) is 24.5. The average molecular weight is 490 g/mol. The maximum absolute atomic E-state index is 13.5. The van der Waals surface area contributed by atoms with Gasteiger partial charge in [0.25, 0.3) is 5.91 Å². The molecule has 0 saturated carbocycles. The van der Waals surface area contributed by atoms with E-state index in [9.17, 15) is 23.6 Å². The Morgan fingerprint density at radius 2 is 1.71 bits per heavy atom. The standard InChI is InChI=1S/C22H27FN6O6/c1-4-34-16(30)11-28-20(32)18-19(26(3)22(28)33)24-21-27(18)10-15(13-6-8-14(23)9-7-13)25-29(21)12-17(31)35-5-2/h6-9,18-19,21,24H,4-5,10-12H2,1-3H3. The van der Waals surface area contributed by atoms with E-state index in [-0.39, 0.29) is 26.3 Å². The van der Waals surface area contributed by atoms with Crippen molar-refractivity contribution >= 4 is 29.6 Å². The van der Waals surface area contributed by atoms with Crippen LogP contribution in [0.5, 0.6) is 0 Å². The molecule has 2 fully saturated rings. The molecule has 13 heteroatoms. The summed E-state index contributed by atoms with van der Waals surface area (Å²) in [6, 6.07) is 4.20. The molecular formula is C22H27FN6O6. The van der Waals surface area contributed by atoms with Gasteiger partial charge in [0.15, 0.2) is 6.29 Å².